The zero-order chi connectivity index (χ0) is 40.0. The van der Waals surface area contributed by atoms with Gasteiger partial charge in [-0.25, -0.2) is 9.59 Å². The number of piperidine rings is 2. The minimum Gasteiger partial charge on any atom is -0.444 e. The van der Waals surface area contributed by atoms with Crippen LogP contribution in [0, 0.1) is 11.8 Å². The van der Waals surface area contributed by atoms with Gasteiger partial charge in [-0.3, -0.25) is 0 Å². The first-order chi connectivity index (χ1) is 24.5. The maximum absolute atomic E-state index is 13.5. The summed E-state index contributed by atoms with van der Waals surface area (Å²) in [7, 11) is 0. The number of carbonyl (C=O) groups excluding carboxylic acids is 2. The van der Waals surface area contributed by atoms with Crippen molar-refractivity contribution in [1.82, 2.24) is 9.80 Å². The van der Waals surface area contributed by atoms with Gasteiger partial charge in [-0.05, 0) is 90.2 Å². The van der Waals surface area contributed by atoms with Gasteiger partial charge in [-0.15, -0.1) is 0 Å². The summed E-state index contributed by atoms with van der Waals surface area (Å²) in [4.78, 5) is 26.6. The maximum atomic E-state index is 13.5. The second-order valence-electron chi connectivity index (χ2n) is 15.0. The van der Waals surface area contributed by atoms with E-state index in [9.17, 15) is 35.9 Å². The Labute approximate surface area is 317 Å². The van der Waals surface area contributed by atoms with Gasteiger partial charge in [0.2, 0.25) is 0 Å². The summed E-state index contributed by atoms with van der Waals surface area (Å²) in [5, 5.41) is 10.1. The molecule has 0 radical (unpaired) electrons. The van der Waals surface area contributed by atoms with E-state index < -0.39 is 59.8 Å². The molecule has 2 unspecified atom stereocenters. The van der Waals surface area contributed by atoms with Crippen LogP contribution in [-0.4, -0.2) is 89.0 Å². The Morgan fingerprint density at radius 3 is 1.38 bits per heavy atom. The second-order valence-corrected chi connectivity index (χ2v) is 15.5. The minimum atomic E-state index is -4.60. The van der Waals surface area contributed by atoms with Crippen molar-refractivity contribution in [3.63, 3.8) is 0 Å². The molecule has 0 aromatic heterocycles. The Morgan fingerprint density at radius 2 is 1.06 bits per heavy atom. The van der Waals surface area contributed by atoms with Crippen LogP contribution in [0.2, 0.25) is 0 Å². The van der Waals surface area contributed by atoms with Crippen molar-refractivity contribution in [3.8, 4) is 0 Å². The summed E-state index contributed by atoms with van der Waals surface area (Å²) < 4.78 is 93.1. The van der Waals surface area contributed by atoms with Crippen LogP contribution in [0.15, 0.2) is 60.7 Å². The summed E-state index contributed by atoms with van der Waals surface area (Å²) >= 11 is 3.36. The number of ether oxygens (including phenoxy) is 3. The van der Waals surface area contributed by atoms with E-state index in [1.165, 1.54) is 15.4 Å². The summed E-state index contributed by atoms with van der Waals surface area (Å²) in [6.07, 6.45) is -13.5. The lowest BCUT2D eigenvalue weighted by atomic mass is 9.91. The standard InChI is InChI=1S/C19H26F3NO3.C12H20F3NO3.C7H7Br/c1-18(2,3)26-17(24)23-11-9-15(10-12-23)16(19(20,21)22)25-13-14-7-5-4-6-8-14;1-11(2,3)19-10(18)16-6-4-8(5-7-16)9(17)12(13,14)15;8-6-7-4-2-1-3-5-7/h4-8,15-16H,9-13H2,1-3H3;8-9,17H,4-7H2,1-3H3;1-5H,6H2. The van der Waals surface area contributed by atoms with Crippen LogP contribution < -0.4 is 0 Å². The number of aliphatic hydroxyl groups is 1. The number of halogens is 7. The first-order valence-corrected chi connectivity index (χ1v) is 18.6. The highest BCUT2D eigenvalue weighted by atomic mass is 79.9. The third kappa shape index (κ3) is 17.8. The molecule has 300 valence electrons. The number of rotatable bonds is 6. The van der Waals surface area contributed by atoms with Gasteiger partial charge in [0.15, 0.2) is 12.2 Å². The lowest BCUT2D eigenvalue weighted by molar-refractivity contribution is -0.243. The quantitative estimate of drug-likeness (QED) is 0.231. The van der Waals surface area contributed by atoms with E-state index in [2.05, 4.69) is 28.1 Å². The van der Waals surface area contributed by atoms with Crippen molar-refractivity contribution >= 4 is 28.1 Å². The van der Waals surface area contributed by atoms with Crippen molar-refractivity contribution < 1.29 is 55.2 Å². The third-order valence-corrected chi connectivity index (χ3v) is 8.83. The highest BCUT2D eigenvalue weighted by Crippen LogP contribution is 2.35. The second kappa shape index (κ2) is 20.6. The van der Waals surface area contributed by atoms with Gasteiger partial charge in [0.1, 0.15) is 11.2 Å². The fraction of sp³-hybridized carbons (Fsp3) is 0.632. The van der Waals surface area contributed by atoms with Crippen molar-refractivity contribution in [3.05, 3.63) is 71.8 Å². The molecule has 8 nitrogen and oxygen atoms in total. The molecule has 1 N–H and O–H groups in total. The molecule has 15 heteroatoms. The fourth-order valence-corrected chi connectivity index (χ4v) is 5.90. The average Bonchev–Trinajstić information content (AvgIpc) is 3.07. The molecule has 0 bridgehead atoms. The molecular weight excluding hydrogens is 774 g/mol. The zero-order valence-corrected chi connectivity index (χ0v) is 32.8. The highest BCUT2D eigenvalue weighted by molar-refractivity contribution is 9.08. The Kier molecular flexibility index (Phi) is 17.9. The van der Waals surface area contributed by atoms with Crippen LogP contribution in [0.4, 0.5) is 35.9 Å². The summed E-state index contributed by atoms with van der Waals surface area (Å²) in [5.41, 5.74) is 0.779. The number of alkyl halides is 7. The van der Waals surface area contributed by atoms with E-state index in [1.807, 2.05) is 18.2 Å². The molecule has 53 heavy (non-hydrogen) atoms. The van der Waals surface area contributed by atoms with Crippen LogP contribution >= 0.6 is 15.9 Å². The molecular formula is C38H53BrF6N2O6. The highest BCUT2D eigenvalue weighted by Gasteiger charge is 2.47. The van der Waals surface area contributed by atoms with Crippen molar-refractivity contribution in [2.45, 2.75) is 115 Å². The number of amides is 2. The van der Waals surface area contributed by atoms with Crippen LogP contribution in [0.25, 0.3) is 0 Å². The van der Waals surface area contributed by atoms with Crippen molar-refractivity contribution in [2.75, 3.05) is 26.2 Å². The van der Waals surface area contributed by atoms with Crippen LogP contribution in [0.1, 0.15) is 78.4 Å². The Morgan fingerprint density at radius 1 is 0.679 bits per heavy atom. The van der Waals surface area contributed by atoms with Crippen molar-refractivity contribution in [1.29, 1.82) is 0 Å². The average molecular weight is 828 g/mol. The lowest BCUT2D eigenvalue weighted by Gasteiger charge is -2.37. The molecule has 0 aliphatic carbocycles. The number of nitrogens with zero attached hydrogens (tertiary/aromatic N) is 2. The maximum Gasteiger partial charge on any atom is 0.414 e. The minimum absolute atomic E-state index is 0.0860. The molecule has 2 aliphatic heterocycles. The van der Waals surface area contributed by atoms with Gasteiger partial charge in [0, 0.05) is 31.5 Å². The smallest absolute Gasteiger partial charge is 0.414 e. The van der Waals surface area contributed by atoms with Gasteiger partial charge in [-0.1, -0.05) is 76.6 Å². The Bertz CT molecular complexity index is 1350. The topological polar surface area (TPSA) is 88.5 Å². The summed E-state index contributed by atoms with van der Waals surface area (Å²) in [5.74, 6) is -1.52. The van der Waals surface area contributed by atoms with Gasteiger partial charge in [0.05, 0.1) is 6.61 Å². The van der Waals surface area contributed by atoms with E-state index in [0.29, 0.717) is 5.56 Å². The monoisotopic (exact) mass is 826 g/mol. The molecule has 2 amide bonds. The molecule has 0 spiro atoms. The largest absolute Gasteiger partial charge is 0.444 e. The molecule has 2 heterocycles. The molecule has 2 aromatic rings. The third-order valence-electron chi connectivity index (χ3n) is 8.18. The molecule has 2 aromatic carbocycles. The lowest BCUT2D eigenvalue weighted by Crippen LogP contribution is -2.47. The Hall–Kier alpha value is -3.04. The van der Waals surface area contributed by atoms with Crippen LogP contribution in [0.5, 0.6) is 0 Å². The zero-order valence-electron chi connectivity index (χ0n) is 31.2. The van der Waals surface area contributed by atoms with E-state index in [1.54, 1.807) is 71.9 Å². The van der Waals surface area contributed by atoms with Gasteiger partial charge in [0.25, 0.3) is 0 Å². The van der Waals surface area contributed by atoms with E-state index in [0.717, 1.165) is 5.33 Å². The Balaban J connectivity index is 0.000000313. The van der Waals surface area contributed by atoms with Crippen LogP contribution in [-0.2, 0) is 26.1 Å². The fourth-order valence-electron chi connectivity index (χ4n) is 5.53. The first kappa shape index (κ1) is 46.1. The molecule has 4 rings (SSSR count). The predicted octanol–water partition coefficient (Wildman–Crippen LogP) is 9.92. The van der Waals surface area contributed by atoms with Crippen LogP contribution in [0.3, 0.4) is 0 Å². The number of likely N-dealkylation sites (tertiary alicyclic amines) is 2. The molecule has 2 aliphatic rings. The van der Waals surface area contributed by atoms with Gasteiger partial charge < -0.3 is 29.1 Å². The number of aliphatic hydroxyl groups excluding tert-OH is 1. The van der Waals surface area contributed by atoms with E-state index >= 15 is 0 Å². The number of carbonyl (C=O) groups is 2. The molecule has 2 saturated heterocycles. The molecule has 2 atom stereocenters. The molecule has 2 fully saturated rings. The predicted molar refractivity (Wildman–Crippen MR) is 193 cm³/mol. The van der Waals surface area contributed by atoms with E-state index in [-0.39, 0.29) is 58.5 Å². The normalized spacial score (nSPS) is 17.4. The van der Waals surface area contributed by atoms with Crippen molar-refractivity contribution in [2.24, 2.45) is 11.8 Å². The first-order valence-electron chi connectivity index (χ1n) is 17.5. The SMILES string of the molecule is BrCc1ccccc1.CC(C)(C)OC(=O)N1CCC(C(O)C(F)(F)F)CC1.CC(C)(C)OC(=O)N1CCC(C(OCc2ccccc2)C(F)(F)F)CC1. The van der Waals surface area contributed by atoms with E-state index in [4.69, 9.17) is 19.3 Å². The number of hydrogen-bond donors (Lipinski definition) is 1. The van der Waals surface area contributed by atoms with Gasteiger partial charge in [-0.2, -0.15) is 26.3 Å². The number of hydrogen-bond acceptors (Lipinski definition) is 6. The summed E-state index contributed by atoms with van der Waals surface area (Å²) in [6.45, 7) is 11.2. The summed E-state index contributed by atoms with van der Waals surface area (Å²) in [6, 6.07) is 19.1. The molecule has 0 saturated carbocycles. The number of benzene rings is 2. The van der Waals surface area contributed by atoms with Gasteiger partial charge >= 0.3 is 24.5 Å².